The lowest BCUT2D eigenvalue weighted by Gasteiger charge is -2.13. The van der Waals surface area contributed by atoms with E-state index >= 15 is 0 Å². The average Bonchev–Trinajstić information content (AvgIpc) is 2.41. The van der Waals surface area contributed by atoms with Crippen molar-refractivity contribution in [3.8, 4) is 5.75 Å². The molecule has 1 aromatic rings. The molecular formula is C15H24N2O2. The predicted molar refractivity (Wildman–Crippen MR) is 78.6 cm³/mol. The van der Waals surface area contributed by atoms with E-state index in [1.165, 1.54) is 0 Å². The minimum absolute atomic E-state index is 0.0471. The maximum absolute atomic E-state index is 11.6. The van der Waals surface area contributed by atoms with Crippen LogP contribution >= 0.6 is 0 Å². The largest absolute Gasteiger partial charge is 0.491 e. The van der Waals surface area contributed by atoms with Crippen LogP contribution in [0, 0.1) is 0 Å². The van der Waals surface area contributed by atoms with E-state index in [0.29, 0.717) is 6.42 Å². The Balaban J connectivity index is 2.41. The molecule has 0 aliphatic rings. The Kier molecular flexibility index (Phi) is 6.97. The highest BCUT2D eigenvalue weighted by Gasteiger charge is 2.03. The van der Waals surface area contributed by atoms with Gasteiger partial charge in [-0.25, -0.2) is 0 Å². The minimum atomic E-state index is 0.0471. The van der Waals surface area contributed by atoms with Gasteiger partial charge in [-0.15, -0.1) is 0 Å². The van der Waals surface area contributed by atoms with E-state index in [1.807, 2.05) is 38.2 Å². The molecular weight excluding hydrogens is 240 g/mol. The van der Waals surface area contributed by atoms with Crippen LogP contribution in [0.3, 0.4) is 0 Å². The second-order valence-corrected chi connectivity index (χ2v) is 4.62. The molecule has 0 saturated heterocycles. The molecule has 4 nitrogen and oxygen atoms in total. The van der Waals surface area contributed by atoms with E-state index in [0.717, 1.165) is 30.8 Å². The molecule has 1 unspecified atom stereocenters. The van der Waals surface area contributed by atoms with Crippen LogP contribution < -0.4 is 15.4 Å². The lowest BCUT2D eigenvalue weighted by molar-refractivity contribution is -0.116. The Morgan fingerprint density at radius 1 is 1.32 bits per heavy atom. The number of anilines is 1. The van der Waals surface area contributed by atoms with Crippen molar-refractivity contribution in [3.63, 3.8) is 0 Å². The van der Waals surface area contributed by atoms with Gasteiger partial charge in [0.2, 0.25) is 5.91 Å². The Morgan fingerprint density at radius 3 is 2.58 bits per heavy atom. The number of benzene rings is 1. The number of hydrogen-bond acceptors (Lipinski definition) is 3. The fraction of sp³-hybridized carbons (Fsp3) is 0.533. The highest BCUT2D eigenvalue weighted by molar-refractivity contribution is 5.90. The third kappa shape index (κ3) is 6.25. The Morgan fingerprint density at radius 2 is 2.00 bits per heavy atom. The molecule has 2 N–H and O–H groups in total. The monoisotopic (exact) mass is 264 g/mol. The number of carbonyl (C=O) groups is 1. The van der Waals surface area contributed by atoms with Gasteiger partial charge in [0, 0.05) is 12.1 Å². The third-order valence-electron chi connectivity index (χ3n) is 2.88. The maximum Gasteiger partial charge on any atom is 0.224 e. The second kappa shape index (κ2) is 8.53. The normalized spacial score (nSPS) is 11.9. The van der Waals surface area contributed by atoms with Crippen molar-refractivity contribution in [1.82, 2.24) is 5.32 Å². The number of hydrogen-bond donors (Lipinski definition) is 2. The molecule has 0 aliphatic heterocycles. The number of ether oxygens (including phenoxy) is 1. The van der Waals surface area contributed by atoms with Gasteiger partial charge >= 0.3 is 0 Å². The predicted octanol–water partition coefficient (Wildman–Crippen LogP) is 2.80. The summed E-state index contributed by atoms with van der Waals surface area (Å²) in [7, 11) is 1.88. The molecule has 0 spiro atoms. The summed E-state index contributed by atoms with van der Waals surface area (Å²) in [6.45, 7) is 4.98. The molecule has 4 heteroatoms. The summed E-state index contributed by atoms with van der Waals surface area (Å²) in [5.74, 6) is 0.883. The Bertz CT molecular complexity index is 376. The molecule has 0 radical (unpaired) electrons. The van der Waals surface area contributed by atoms with Gasteiger partial charge in [-0.05, 0) is 57.6 Å². The van der Waals surface area contributed by atoms with Crippen LogP contribution in [0.1, 0.15) is 33.1 Å². The molecule has 0 saturated carbocycles. The van der Waals surface area contributed by atoms with E-state index < -0.39 is 0 Å². The van der Waals surface area contributed by atoms with Gasteiger partial charge in [-0.1, -0.05) is 6.92 Å². The summed E-state index contributed by atoms with van der Waals surface area (Å²) in [5, 5.41) is 5.89. The molecule has 0 bridgehead atoms. The Labute approximate surface area is 115 Å². The van der Waals surface area contributed by atoms with Crippen LogP contribution in [-0.4, -0.2) is 25.6 Å². The molecule has 1 rings (SSSR count). The summed E-state index contributed by atoms with van der Waals surface area (Å²) >= 11 is 0. The smallest absolute Gasteiger partial charge is 0.224 e. The SMILES string of the molecule is CCC(C)Oc1ccc(NC(=O)CCCNC)cc1. The average molecular weight is 264 g/mol. The first kappa shape index (κ1) is 15.5. The molecule has 1 aromatic carbocycles. The molecule has 0 aromatic heterocycles. The topological polar surface area (TPSA) is 50.4 Å². The lowest BCUT2D eigenvalue weighted by Crippen LogP contribution is -2.15. The molecule has 19 heavy (non-hydrogen) atoms. The van der Waals surface area contributed by atoms with Crippen LogP contribution in [0.25, 0.3) is 0 Å². The van der Waals surface area contributed by atoms with Crippen molar-refractivity contribution < 1.29 is 9.53 Å². The molecule has 0 aliphatic carbocycles. The third-order valence-corrected chi connectivity index (χ3v) is 2.88. The lowest BCUT2D eigenvalue weighted by atomic mass is 10.2. The minimum Gasteiger partial charge on any atom is -0.491 e. The van der Waals surface area contributed by atoms with Gasteiger partial charge in [-0.3, -0.25) is 4.79 Å². The zero-order valence-corrected chi connectivity index (χ0v) is 12.0. The van der Waals surface area contributed by atoms with Gasteiger partial charge in [-0.2, -0.15) is 0 Å². The van der Waals surface area contributed by atoms with E-state index in [9.17, 15) is 4.79 Å². The molecule has 1 amide bonds. The maximum atomic E-state index is 11.6. The van der Waals surface area contributed by atoms with Crippen molar-refractivity contribution >= 4 is 11.6 Å². The summed E-state index contributed by atoms with van der Waals surface area (Å²) in [6, 6.07) is 7.51. The van der Waals surface area contributed by atoms with Crippen molar-refractivity contribution in [1.29, 1.82) is 0 Å². The standard InChI is InChI=1S/C15H24N2O2/c1-4-12(2)19-14-9-7-13(8-10-14)17-15(18)6-5-11-16-3/h7-10,12,16H,4-6,11H2,1-3H3,(H,17,18). The summed E-state index contributed by atoms with van der Waals surface area (Å²) in [4.78, 5) is 11.6. The van der Waals surface area contributed by atoms with E-state index in [4.69, 9.17) is 4.74 Å². The van der Waals surface area contributed by atoms with E-state index in [1.54, 1.807) is 0 Å². The zero-order chi connectivity index (χ0) is 14.1. The van der Waals surface area contributed by atoms with E-state index in [-0.39, 0.29) is 12.0 Å². The van der Waals surface area contributed by atoms with Gasteiger partial charge in [0.25, 0.3) is 0 Å². The molecule has 0 fully saturated rings. The van der Waals surface area contributed by atoms with Crippen LogP contribution in [-0.2, 0) is 4.79 Å². The highest BCUT2D eigenvalue weighted by atomic mass is 16.5. The Hall–Kier alpha value is -1.55. The molecule has 106 valence electrons. The van der Waals surface area contributed by atoms with Crippen LogP contribution in [0.4, 0.5) is 5.69 Å². The highest BCUT2D eigenvalue weighted by Crippen LogP contribution is 2.17. The zero-order valence-electron chi connectivity index (χ0n) is 12.0. The first-order valence-corrected chi connectivity index (χ1v) is 6.87. The fourth-order valence-corrected chi connectivity index (χ4v) is 1.58. The summed E-state index contributed by atoms with van der Waals surface area (Å²) in [5.41, 5.74) is 0.811. The van der Waals surface area contributed by atoms with Crippen LogP contribution in [0.2, 0.25) is 0 Å². The number of nitrogens with one attached hydrogen (secondary N) is 2. The van der Waals surface area contributed by atoms with Gasteiger partial charge in [0.05, 0.1) is 6.10 Å². The summed E-state index contributed by atoms with van der Waals surface area (Å²) < 4.78 is 5.68. The first-order valence-electron chi connectivity index (χ1n) is 6.87. The number of amides is 1. The first-order chi connectivity index (χ1) is 9.15. The van der Waals surface area contributed by atoms with Gasteiger partial charge in [0.15, 0.2) is 0 Å². The van der Waals surface area contributed by atoms with Crippen molar-refractivity contribution in [2.24, 2.45) is 0 Å². The molecule has 1 atom stereocenters. The van der Waals surface area contributed by atoms with Crippen molar-refractivity contribution in [2.75, 3.05) is 18.9 Å². The van der Waals surface area contributed by atoms with E-state index in [2.05, 4.69) is 17.6 Å². The number of carbonyl (C=O) groups excluding carboxylic acids is 1. The second-order valence-electron chi connectivity index (χ2n) is 4.62. The summed E-state index contributed by atoms with van der Waals surface area (Å²) in [6.07, 6.45) is 2.56. The van der Waals surface area contributed by atoms with Crippen LogP contribution in [0.15, 0.2) is 24.3 Å². The van der Waals surface area contributed by atoms with Crippen molar-refractivity contribution in [2.45, 2.75) is 39.2 Å². The van der Waals surface area contributed by atoms with Gasteiger partial charge < -0.3 is 15.4 Å². The van der Waals surface area contributed by atoms with Gasteiger partial charge in [0.1, 0.15) is 5.75 Å². The molecule has 0 heterocycles. The van der Waals surface area contributed by atoms with Crippen molar-refractivity contribution in [3.05, 3.63) is 24.3 Å². The van der Waals surface area contributed by atoms with Crippen LogP contribution in [0.5, 0.6) is 5.75 Å². The quantitative estimate of drug-likeness (QED) is 0.710. The number of rotatable bonds is 8. The fourth-order valence-electron chi connectivity index (χ4n) is 1.58.